The van der Waals surface area contributed by atoms with Gasteiger partial charge in [-0.1, -0.05) is 18.2 Å². The van der Waals surface area contributed by atoms with Gasteiger partial charge in [0.05, 0.1) is 11.5 Å². The standard InChI is InChI=1S/C17H20N2O4S/c1-13(12-23-2)19-24(21,22)16-10-8-15(9-11-16)18-17(20)14-6-4-3-5-7-14/h3-11,13,19H,12H2,1-2H3,(H,18,20)/t13-/m0/s1. The van der Waals surface area contributed by atoms with E-state index in [1.807, 2.05) is 6.07 Å². The lowest BCUT2D eigenvalue weighted by molar-refractivity contribution is 0.102. The van der Waals surface area contributed by atoms with E-state index in [-0.39, 0.29) is 23.5 Å². The fourth-order valence-electron chi connectivity index (χ4n) is 2.13. The second-order valence-corrected chi connectivity index (χ2v) is 7.04. The Morgan fingerprint density at radius 2 is 1.71 bits per heavy atom. The van der Waals surface area contributed by atoms with Gasteiger partial charge < -0.3 is 10.1 Å². The highest BCUT2D eigenvalue weighted by Gasteiger charge is 2.17. The van der Waals surface area contributed by atoms with E-state index in [0.717, 1.165) is 0 Å². The third-order valence-electron chi connectivity index (χ3n) is 3.23. The first kappa shape index (κ1) is 18.1. The van der Waals surface area contributed by atoms with E-state index in [4.69, 9.17) is 4.74 Å². The molecule has 7 heteroatoms. The predicted octanol–water partition coefficient (Wildman–Crippen LogP) is 2.25. The highest BCUT2D eigenvalue weighted by atomic mass is 32.2. The normalized spacial score (nSPS) is 12.6. The van der Waals surface area contributed by atoms with E-state index in [2.05, 4.69) is 10.0 Å². The molecule has 0 fully saturated rings. The zero-order valence-electron chi connectivity index (χ0n) is 13.5. The van der Waals surface area contributed by atoms with Gasteiger partial charge >= 0.3 is 0 Å². The maximum Gasteiger partial charge on any atom is 0.255 e. The molecule has 1 amide bonds. The molecular weight excluding hydrogens is 328 g/mol. The average Bonchev–Trinajstić information content (AvgIpc) is 2.56. The van der Waals surface area contributed by atoms with Crippen molar-refractivity contribution >= 4 is 21.6 Å². The molecule has 0 spiro atoms. The maximum atomic E-state index is 12.2. The number of sulfonamides is 1. The van der Waals surface area contributed by atoms with E-state index >= 15 is 0 Å². The smallest absolute Gasteiger partial charge is 0.255 e. The van der Waals surface area contributed by atoms with Gasteiger partial charge in [-0.25, -0.2) is 13.1 Å². The van der Waals surface area contributed by atoms with Crippen molar-refractivity contribution in [2.45, 2.75) is 17.9 Å². The number of rotatable bonds is 7. The van der Waals surface area contributed by atoms with Gasteiger partial charge in [-0.2, -0.15) is 0 Å². The Morgan fingerprint density at radius 1 is 1.08 bits per heavy atom. The van der Waals surface area contributed by atoms with Gasteiger partial charge in [0, 0.05) is 24.4 Å². The number of nitrogens with one attached hydrogen (secondary N) is 2. The van der Waals surface area contributed by atoms with Crippen molar-refractivity contribution in [3.63, 3.8) is 0 Å². The Balaban J connectivity index is 2.06. The lowest BCUT2D eigenvalue weighted by atomic mass is 10.2. The van der Waals surface area contributed by atoms with E-state index in [0.29, 0.717) is 11.3 Å². The highest BCUT2D eigenvalue weighted by molar-refractivity contribution is 7.89. The first-order valence-electron chi connectivity index (χ1n) is 7.40. The fourth-order valence-corrected chi connectivity index (χ4v) is 3.36. The summed E-state index contributed by atoms with van der Waals surface area (Å²) in [5.74, 6) is -0.252. The molecule has 0 saturated heterocycles. The van der Waals surface area contributed by atoms with Crippen LogP contribution in [0.3, 0.4) is 0 Å². The second-order valence-electron chi connectivity index (χ2n) is 5.32. The molecule has 0 aromatic heterocycles. The van der Waals surface area contributed by atoms with Gasteiger partial charge in [-0.15, -0.1) is 0 Å². The van der Waals surface area contributed by atoms with Crippen molar-refractivity contribution in [1.82, 2.24) is 4.72 Å². The van der Waals surface area contributed by atoms with Crippen LogP contribution in [0.2, 0.25) is 0 Å². The van der Waals surface area contributed by atoms with E-state index < -0.39 is 10.0 Å². The summed E-state index contributed by atoms with van der Waals surface area (Å²) in [7, 11) is -2.11. The molecule has 0 aliphatic rings. The fraction of sp³-hybridized carbons (Fsp3) is 0.235. The zero-order valence-corrected chi connectivity index (χ0v) is 14.3. The largest absolute Gasteiger partial charge is 0.383 e. The molecule has 0 heterocycles. The number of methoxy groups -OCH3 is 1. The molecule has 6 nitrogen and oxygen atoms in total. The van der Waals surface area contributed by atoms with Crippen molar-refractivity contribution in [2.75, 3.05) is 19.0 Å². The summed E-state index contributed by atoms with van der Waals surface area (Å²) in [6, 6.07) is 14.4. The lowest BCUT2D eigenvalue weighted by Crippen LogP contribution is -2.35. The quantitative estimate of drug-likeness (QED) is 0.804. The predicted molar refractivity (Wildman–Crippen MR) is 92.5 cm³/mol. The monoisotopic (exact) mass is 348 g/mol. The lowest BCUT2D eigenvalue weighted by Gasteiger charge is -2.13. The Labute approximate surface area is 141 Å². The summed E-state index contributed by atoms with van der Waals surface area (Å²) < 4.78 is 31.9. The minimum absolute atomic E-state index is 0.128. The van der Waals surface area contributed by atoms with Crippen LogP contribution in [0.25, 0.3) is 0 Å². The Bertz CT molecular complexity index is 774. The first-order valence-corrected chi connectivity index (χ1v) is 8.88. The Hall–Kier alpha value is -2.22. The first-order chi connectivity index (χ1) is 11.4. The number of carbonyl (C=O) groups is 1. The molecule has 24 heavy (non-hydrogen) atoms. The number of carbonyl (C=O) groups excluding carboxylic acids is 1. The van der Waals surface area contributed by atoms with Crippen LogP contribution in [0.1, 0.15) is 17.3 Å². The molecule has 2 aromatic rings. The molecular formula is C17H20N2O4S. The van der Waals surface area contributed by atoms with E-state index in [1.165, 1.54) is 19.2 Å². The second kappa shape index (κ2) is 8.05. The topological polar surface area (TPSA) is 84.5 Å². The molecule has 0 unspecified atom stereocenters. The van der Waals surface area contributed by atoms with Crippen LogP contribution in [0.4, 0.5) is 5.69 Å². The number of ether oxygens (including phenoxy) is 1. The van der Waals surface area contributed by atoms with Crippen LogP contribution in [-0.2, 0) is 14.8 Å². The van der Waals surface area contributed by atoms with Crippen molar-refractivity contribution in [3.8, 4) is 0 Å². The van der Waals surface area contributed by atoms with Gasteiger partial charge in [0.1, 0.15) is 0 Å². The van der Waals surface area contributed by atoms with Gasteiger partial charge in [0.15, 0.2) is 0 Å². The molecule has 2 N–H and O–H groups in total. The van der Waals surface area contributed by atoms with Gasteiger partial charge in [-0.05, 0) is 43.3 Å². The van der Waals surface area contributed by atoms with Gasteiger partial charge in [0.2, 0.25) is 10.0 Å². The van der Waals surface area contributed by atoms with Crippen LogP contribution >= 0.6 is 0 Å². The molecule has 0 bridgehead atoms. The number of benzene rings is 2. The van der Waals surface area contributed by atoms with Crippen LogP contribution in [0.5, 0.6) is 0 Å². The minimum Gasteiger partial charge on any atom is -0.383 e. The summed E-state index contributed by atoms with van der Waals surface area (Å²) >= 11 is 0. The Morgan fingerprint density at radius 3 is 2.29 bits per heavy atom. The molecule has 128 valence electrons. The number of hydrogen-bond acceptors (Lipinski definition) is 4. The molecule has 2 aromatic carbocycles. The summed E-state index contributed by atoms with van der Waals surface area (Å²) in [5.41, 5.74) is 1.05. The molecule has 0 aliphatic heterocycles. The van der Waals surface area contributed by atoms with E-state index in [9.17, 15) is 13.2 Å². The summed E-state index contributed by atoms with van der Waals surface area (Å²) in [6.07, 6.45) is 0. The third-order valence-corrected chi connectivity index (χ3v) is 4.84. The van der Waals surface area contributed by atoms with Gasteiger partial charge in [0.25, 0.3) is 5.91 Å². The molecule has 2 rings (SSSR count). The van der Waals surface area contributed by atoms with Crippen molar-refractivity contribution in [1.29, 1.82) is 0 Å². The third kappa shape index (κ3) is 4.89. The van der Waals surface area contributed by atoms with Gasteiger partial charge in [-0.3, -0.25) is 4.79 Å². The van der Waals surface area contributed by atoms with Crippen molar-refractivity contribution in [2.24, 2.45) is 0 Å². The van der Waals surface area contributed by atoms with Crippen LogP contribution in [0, 0.1) is 0 Å². The minimum atomic E-state index is -3.62. The Kier molecular flexibility index (Phi) is 6.08. The number of amides is 1. The summed E-state index contributed by atoms with van der Waals surface area (Å²) in [4.78, 5) is 12.2. The highest BCUT2D eigenvalue weighted by Crippen LogP contribution is 2.15. The van der Waals surface area contributed by atoms with Crippen molar-refractivity contribution in [3.05, 3.63) is 60.2 Å². The van der Waals surface area contributed by atoms with Crippen LogP contribution in [0.15, 0.2) is 59.5 Å². The maximum absolute atomic E-state index is 12.2. The zero-order chi connectivity index (χ0) is 17.6. The molecule has 0 radical (unpaired) electrons. The summed E-state index contributed by atoms with van der Waals surface area (Å²) in [5, 5.41) is 2.72. The molecule has 1 atom stereocenters. The van der Waals surface area contributed by atoms with Crippen molar-refractivity contribution < 1.29 is 17.9 Å². The average molecular weight is 348 g/mol. The van der Waals surface area contributed by atoms with Crippen LogP contribution < -0.4 is 10.0 Å². The number of hydrogen-bond donors (Lipinski definition) is 2. The summed E-state index contributed by atoms with van der Waals surface area (Å²) in [6.45, 7) is 2.00. The molecule has 0 aliphatic carbocycles. The van der Waals surface area contributed by atoms with E-state index in [1.54, 1.807) is 43.3 Å². The SMILES string of the molecule is COC[C@H](C)NS(=O)(=O)c1ccc(NC(=O)c2ccccc2)cc1. The number of anilines is 1. The molecule has 0 saturated carbocycles. The van der Waals surface area contributed by atoms with Crippen LogP contribution in [-0.4, -0.2) is 34.1 Å².